The number of nitrogens with zero attached hydrogens (tertiary/aromatic N) is 3. The minimum Gasteiger partial charge on any atom is -0.467 e. The Hall–Kier alpha value is -4.56. The van der Waals surface area contributed by atoms with Crippen molar-refractivity contribution in [2.75, 3.05) is 38.6 Å². The first kappa shape index (κ1) is 40.6. The van der Waals surface area contributed by atoms with Crippen molar-refractivity contribution in [1.29, 1.82) is 0 Å². The van der Waals surface area contributed by atoms with Crippen molar-refractivity contribution >= 4 is 53.0 Å². The van der Waals surface area contributed by atoms with Gasteiger partial charge in [0.05, 0.1) is 19.8 Å². The summed E-state index contributed by atoms with van der Waals surface area (Å²) in [5, 5.41) is 29.7. The van der Waals surface area contributed by atoms with Crippen molar-refractivity contribution in [2.45, 2.75) is 51.1 Å². The van der Waals surface area contributed by atoms with Crippen LogP contribution in [0.4, 0.5) is 0 Å². The van der Waals surface area contributed by atoms with Crippen molar-refractivity contribution in [3.05, 3.63) is 161 Å². The number of benzene rings is 5. The molecule has 3 aliphatic heterocycles. The molecule has 12 heteroatoms. The maximum Gasteiger partial charge on any atom is 0.218 e. The highest BCUT2D eigenvalue weighted by Gasteiger charge is 2.37. The average molecular weight is 820 g/mol. The normalized spacial score (nSPS) is 22.3. The predicted molar refractivity (Wildman–Crippen MR) is 231 cm³/mol. The quantitative estimate of drug-likeness (QED) is 0.107. The van der Waals surface area contributed by atoms with Gasteiger partial charge in [-0.15, -0.1) is 35.3 Å². The number of ether oxygens (including phenoxy) is 3. The zero-order valence-electron chi connectivity index (χ0n) is 31.8. The van der Waals surface area contributed by atoms with E-state index < -0.39 is 12.1 Å². The average Bonchev–Trinajstić information content (AvgIpc) is 4.04. The predicted octanol–water partition coefficient (Wildman–Crippen LogP) is 8.18. The van der Waals surface area contributed by atoms with Crippen LogP contribution in [0.2, 0.25) is 0 Å². The van der Waals surface area contributed by atoms with Crippen LogP contribution in [-0.4, -0.2) is 89.7 Å². The topological polar surface area (TPSA) is 125 Å². The summed E-state index contributed by atoms with van der Waals surface area (Å²) in [4.78, 5) is 17.5. The van der Waals surface area contributed by atoms with Crippen LogP contribution in [0.5, 0.6) is 0 Å². The van der Waals surface area contributed by atoms with Crippen molar-refractivity contribution < 1.29 is 29.5 Å². The van der Waals surface area contributed by atoms with Gasteiger partial charge >= 0.3 is 0 Å². The third-order valence-electron chi connectivity index (χ3n) is 9.92. The lowest BCUT2D eigenvalue weighted by atomic mass is 10.0. The molecule has 3 heterocycles. The molecule has 57 heavy (non-hydrogen) atoms. The van der Waals surface area contributed by atoms with Crippen LogP contribution < -0.4 is 0 Å². The summed E-state index contributed by atoms with van der Waals surface area (Å²) in [7, 11) is 0. The lowest BCUT2D eigenvalue weighted by molar-refractivity contribution is 0.150. The fraction of sp³-hybridized carbons (Fsp3) is 0.267. The van der Waals surface area contributed by atoms with E-state index in [0.29, 0.717) is 17.7 Å². The van der Waals surface area contributed by atoms with Gasteiger partial charge in [0.1, 0.15) is 18.1 Å². The number of aliphatic imine (C=N–C) groups is 3. The van der Waals surface area contributed by atoms with Crippen LogP contribution in [0.25, 0.3) is 0 Å². The van der Waals surface area contributed by atoms with E-state index in [1.807, 2.05) is 134 Å². The summed E-state index contributed by atoms with van der Waals surface area (Å²) >= 11 is 5.06. The first-order chi connectivity index (χ1) is 28.0. The Morgan fingerprint density at radius 3 is 1.07 bits per heavy atom. The minimum atomic E-state index is -0.410. The Morgan fingerprint density at radius 1 is 0.421 bits per heavy atom. The molecular weight excluding hydrogens is 775 g/mol. The Morgan fingerprint density at radius 2 is 0.737 bits per heavy atom. The van der Waals surface area contributed by atoms with Gasteiger partial charge < -0.3 is 29.5 Å². The molecule has 0 amide bonds. The van der Waals surface area contributed by atoms with E-state index in [2.05, 4.69) is 17.1 Å². The molecule has 0 aromatic heterocycles. The first-order valence-electron chi connectivity index (χ1n) is 18.6. The van der Waals surface area contributed by atoms with E-state index in [-0.39, 0.29) is 44.2 Å². The third-order valence-corrected chi connectivity index (χ3v) is 12.1. The number of thioether (sulfide) groups is 3. The van der Waals surface area contributed by atoms with E-state index >= 15 is 0 Å². The molecule has 9 nitrogen and oxygen atoms in total. The molecule has 6 atom stereocenters. The van der Waals surface area contributed by atoms with Gasteiger partial charge in [0.15, 0.2) is 18.3 Å². The van der Waals surface area contributed by atoms with Crippen LogP contribution in [0.15, 0.2) is 157 Å². The number of hydrogen-bond donors (Lipinski definition) is 3. The number of rotatable bonds is 12. The van der Waals surface area contributed by atoms with Gasteiger partial charge in [-0.1, -0.05) is 66.7 Å². The second-order valence-electron chi connectivity index (χ2n) is 13.4. The van der Waals surface area contributed by atoms with Crippen LogP contribution in [-0.2, 0) is 14.2 Å². The highest BCUT2D eigenvalue weighted by atomic mass is 32.2. The Bertz CT molecular complexity index is 2090. The Kier molecular flexibility index (Phi) is 13.7. The smallest absolute Gasteiger partial charge is 0.218 e. The monoisotopic (exact) mass is 819 g/mol. The number of aliphatic hydroxyl groups excluding tert-OH is 3. The van der Waals surface area contributed by atoms with E-state index in [0.717, 1.165) is 43.2 Å². The van der Waals surface area contributed by atoms with Crippen molar-refractivity contribution in [2.24, 2.45) is 15.0 Å². The zero-order chi connectivity index (χ0) is 39.7. The molecule has 0 unspecified atom stereocenters. The second-order valence-corrected chi connectivity index (χ2v) is 16.0. The summed E-state index contributed by atoms with van der Waals surface area (Å²) in [6.45, 7) is -0.275. The van der Waals surface area contributed by atoms with Gasteiger partial charge in [-0.05, 0) is 96.1 Å². The van der Waals surface area contributed by atoms with Gasteiger partial charge in [0.25, 0.3) is 0 Å². The highest BCUT2D eigenvalue weighted by molar-refractivity contribution is 7.99. The number of hydrogen-bond acceptors (Lipinski definition) is 12. The van der Waals surface area contributed by atoms with Gasteiger partial charge in [-0.25, -0.2) is 15.0 Å². The molecule has 294 valence electrons. The molecular formula is C45H45N3O6S3. The lowest BCUT2D eigenvalue weighted by Gasteiger charge is -2.18. The maximum atomic E-state index is 10.0. The summed E-state index contributed by atoms with van der Waals surface area (Å²) < 4.78 is 18.6. The van der Waals surface area contributed by atoms with Crippen LogP contribution in [0.3, 0.4) is 0 Å². The number of aliphatic hydroxyl groups is 3. The standard InChI is InChI=1S/C28H28N2O4S2.C17H17NO2S/c1-35-19-11-7-17(8-12-19)25-23(15-31)29-27(33-25)21-5-3-4-6-22(21)28-30-24(16-32)26(34-28)18-9-13-20(36-2)14-10-18;1-21-14-9-7-12(8-10-14)16-15(11-19)18-17(20-16)13-5-3-2-4-6-13/h3-14,23-26,31-32H,15-16H2,1-2H3;2-10,15-16,19H,11H2,1H3/t23-,24-,25-,26-;15-,16-/m00/s1. The highest BCUT2D eigenvalue weighted by Crippen LogP contribution is 2.36. The van der Waals surface area contributed by atoms with Gasteiger partial charge in [0.2, 0.25) is 17.7 Å². The molecule has 0 radical (unpaired) electrons. The van der Waals surface area contributed by atoms with Crippen molar-refractivity contribution in [3.63, 3.8) is 0 Å². The molecule has 3 N–H and O–H groups in total. The van der Waals surface area contributed by atoms with Crippen molar-refractivity contribution in [1.82, 2.24) is 0 Å². The molecule has 5 aromatic carbocycles. The zero-order valence-corrected chi connectivity index (χ0v) is 34.3. The van der Waals surface area contributed by atoms with E-state index in [9.17, 15) is 15.3 Å². The largest absolute Gasteiger partial charge is 0.467 e. The molecule has 0 aliphatic carbocycles. The molecule has 8 rings (SSSR count). The minimum absolute atomic E-state index is 0.0225. The SMILES string of the molecule is CSc1ccc([C@@H]2OC(c3ccccc3)=N[C@H]2CO)cc1.CSc1ccc([C@@H]2OC(c3ccccc3C3=N[C@@H](CO)[C@H](c4ccc(SC)cc4)O3)=N[C@H]2CO)cc1. The van der Waals surface area contributed by atoms with Gasteiger partial charge in [-0.3, -0.25) is 0 Å². The summed E-state index contributed by atoms with van der Waals surface area (Å²) in [5.74, 6) is 1.50. The maximum absolute atomic E-state index is 10.0. The van der Waals surface area contributed by atoms with Gasteiger partial charge in [-0.2, -0.15) is 0 Å². The lowest BCUT2D eigenvalue weighted by Crippen LogP contribution is -2.18. The molecule has 0 bridgehead atoms. The van der Waals surface area contributed by atoms with Crippen LogP contribution in [0.1, 0.15) is 51.7 Å². The third kappa shape index (κ3) is 9.27. The van der Waals surface area contributed by atoms with E-state index in [4.69, 9.17) is 24.2 Å². The molecule has 3 aliphatic rings. The second kappa shape index (κ2) is 19.3. The molecule has 0 spiro atoms. The summed E-state index contributed by atoms with van der Waals surface area (Å²) in [6, 6.07) is 40.9. The first-order valence-corrected chi connectivity index (χ1v) is 22.3. The summed E-state index contributed by atoms with van der Waals surface area (Å²) in [6.07, 6.45) is 5.14. The van der Waals surface area contributed by atoms with E-state index in [1.165, 1.54) is 4.90 Å². The molecule has 0 fully saturated rings. The molecule has 0 saturated carbocycles. The fourth-order valence-electron chi connectivity index (χ4n) is 6.85. The Labute approximate surface area is 346 Å². The van der Waals surface area contributed by atoms with Crippen LogP contribution in [0, 0.1) is 0 Å². The molecule has 0 saturated heterocycles. The fourth-order valence-corrected chi connectivity index (χ4v) is 8.07. The van der Waals surface area contributed by atoms with Crippen LogP contribution >= 0.6 is 35.3 Å². The van der Waals surface area contributed by atoms with Gasteiger partial charge in [0, 0.05) is 31.4 Å². The van der Waals surface area contributed by atoms with Crippen molar-refractivity contribution in [3.8, 4) is 0 Å². The van der Waals surface area contributed by atoms with E-state index in [1.54, 1.807) is 35.3 Å². The Balaban J connectivity index is 0.000000200. The molecule has 5 aromatic rings. The summed E-state index contributed by atoms with van der Waals surface area (Å²) in [5.41, 5.74) is 5.40.